The molecule has 2 fully saturated rings. The molecule has 3 rings (SSSR count). The summed E-state index contributed by atoms with van der Waals surface area (Å²) in [6.07, 6.45) is 1.14. The SMILES string of the molecule is CC(C)(C)CN1CC2(CCN(C(=O)c3cscn3)C2)C1. The maximum Gasteiger partial charge on any atom is 0.273 e. The Labute approximate surface area is 124 Å². The third-order valence-electron chi connectivity index (χ3n) is 4.19. The Kier molecular flexibility index (Phi) is 3.37. The summed E-state index contributed by atoms with van der Waals surface area (Å²) in [5.41, 5.74) is 3.05. The first kappa shape index (κ1) is 14.0. The van der Waals surface area contributed by atoms with E-state index in [0.29, 0.717) is 16.5 Å². The molecule has 2 saturated heterocycles. The molecule has 3 heterocycles. The maximum atomic E-state index is 12.3. The lowest BCUT2D eigenvalue weighted by molar-refractivity contribution is -0.0117. The van der Waals surface area contributed by atoms with Crippen LogP contribution in [0.15, 0.2) is 10.9 Å². The fraction of sp³-hybridized carbons (Fsp3) is 0.733. The third-order valence-corrected chi connectivity index (χ3v) is 4.78. The molecule has 1 spiro atoms. The lowest BCUT2D eigenvalue weighted by Crippen LogP contribution is -2.59. The van der Waals surface area contributed by atoms with Crippen LogP contribution in [0.2, 0.25) is 0 Å². The molecule has 0 bridgehead atoms. The first-order valence-electron chi connectivity index (χ1n) is 7.27. The van der Waals surface area contributed by atoms with Crippen LogP contribution in [0.5, 0.6) is 0 Å². The van der Waals surface area contributed by atoms with E-state index in [1.165, 1.54) is 11.3 Å². The molecular formula is C15H23N3OS. The Hall–Kier alpha value is -0.940. The van der Waals surface area contributed by atoms with Crippen LogP contribution in [0, 0.1) is 10.8 Å². The third kappa shape index (κ3) is 2.74. The van der Waals surface area contributed by atoms with Crippen molar-refractivity contribution in [2.24, 2.45) is 10.8 Å². The van der Waals surface area contributed by atoms with Gasteiger partial charge in [-0.1, -0.05) is 20.8 Å². The zero-order chi connectivity index (χ0) is 14.4. The van der Waals surface area contributed by atoms with E-state index >= 15 is 0 Å². The summed E-state index contributed by atoms with van der Waals surface area (Å²) < 4.78 is 0. The molecule has 0 atom stereocenters. The normalized spacial score (nSPS) is 22.2. The minimum Gasteiger partial charge on any atom is -0.337 e. The Balaban J connectivity index is 1.55. The Bertz CT molecular complexity index is 486. The highest BCUT2D eigenvalue weighted by molar-refractivity contribution is 7.07. The number of rotatable bonds is 2. The van der Waals surface area contributed by atoms with E-state index in [9.17, 15) is 4.79 Å². The van der Waals surface area contributed by atoms with Crippen molar-refractivity contribution in [3.8, 4) is 0 Å². The van der Waals surface area contributed by atoms with Gasteiger partial charge in [0.1, 0.15) is 5.69 Å². The van der Waals surface area contributed by atoms with Crippen molar-refractivity contribution in [1.82, 2.24) is 14.8 Å². The van der Waals surface area contributed by atoms with Crippen LogP contribution in [-0.2, 0) is 0 Å². The number of carbonyl (C=O) groups is 1. The fourth-order valence-electron chi connectivity index (χ4n) is 3.53. The summed E-state index contributed by atoms with van der Waals surface area (Å²) in [5.74, 6) is 0.109. The van der Waals surface area contributed by atoms with Gasteiger partial charge < -0.3 is 9.80 Å². The van der Waals surface area contributed by atoms with Gasteiger partial charge in [-0.2, -0.15) is 0 Å². The Morgan fingerprint density at radius 3 is 2.75 bits per heavy atom. The zero-order valence-electron chi connectivity index (χ0n) is 12.6. The Morgan fingerprint density at radius 1 is 1.40 bits per heavy atom. The summed E-state index contributed by atoms with van der Waals surface area (Å²) >= 11 is 1.49. The fourth-order valence-corrected chi connectivity index (χ4v) is 4.06. The van der Waals surface area contributed by atoms with Gasteiger partial charge in [-0.05, 0) is 11.8 Å². The van der Waals surface area contributed by atoms with E-state index in [4.69, 9.17) is 0 Å². The van der Waals surface area contributed by atoms with Gasteiger partial charge in [0.15, 0.2) is 0 Å². The highest BCUT2D eigenvalue weighted by Gasteiger charge is 2.49. The van der Waals surface area contributed by atoms with Crippen LogP contribution in [0.25, 0.3) is 0 Å². The van der Waals surface area contributed by atoms with Gasteiger partial charge in [0.05, 0.1) is 5.51 Å². The van der Waals surface area contributed by atoms with Gasteiger partial charge in [-0.15, -0.1) is 11.3 Å². The van der Waals surface area contributed by atoms with E-state index in [1.807, 2.05) is 10.3 Å². The number of likely N-dealkylation sites (tertiary alicyclic amines) is 2. The molecular weight excluding hydrogens is 270 g/mol. The largest absolute Gasteiger partial charge is 0.337 e. The first-order valence-corrected chi connectivity index (χ1v) is 8.21. The minimum absolute atomic E-state index is 0.109. The first-order chi connectivity index (χ1) is 9.37. The molecule has 20 heavy (non-hydrogen) atoms. The standard InChI is InChI=1S/C15H23N3OS/c1-14(2,3)7-17-8-15(9-17)4-5-18(10-15)13(19)12-6-20-11-16-12/h6,11H,4-5,7-10H2,1-3H3. The van der Waals surface area contributed by atoms with E-state index in [0.717, 1.165) is 39.1 Å². The minimum atomic E-state index is 0.109. The average molecular weight is 293 g/mol. The quantitative estimate of drug-likeness (QED) is 0.840. The molecule has 1 aromatic heterocycles. The van der Waals surface area contributed by atoms with Gasteiger partial charge in [-0.25, -0.2) is 4.98 Å². The summed E-state index contributed by atoms with van der Waals surface area (Å²) in [6.45, 7) is 12.1. The molecule has 1 aromatic rings. The van der Waals surface area contributed by atoms with Gasteiger partial charge >= 0.3 is 0 Å². The number of thiazole rings is 1. The van der Waals surface area contributed by atoms with Crippen LogP contribution >= 0.6 is 11.3 Å². The Morgan fingerprint density at radius 2 is 2.15 bits per heavy atom. The van der Waals surface area contributed by atoms with Gasteiger partial charge in [0.2, 0.25) is 0 Å². The van der Waals surface area contributed by atoms with E-state index in [-0.39, 0.29) is 5.91 Å². The number of hydrogen-bond donors (Lipinski definition) is 0. The monoisotopic (exact) mass is 293 g/mol. The van der Waals surface area contributed by atoms with Crippen molar-refractivity contribution in [3.63, 3.8) is 0 Å². The van der Waals surface area contributed by atoms with Crippen LogP contribution in [-0.4, -0.2) is 53.4 Å². The van der Waals surface area contributed by atoms with Crippen molar-refractivity contribution in [3.05, 3.63) is 16.6 Å². The smallest absolute Gasteiger partial charge is 0.273 e. The van der Waals surface area contributed by atoms with Crippen molar-refractivity contribution in [1.29, 1.82) is 0 Å². The summed E-state index contributed by atoms with van der Waals surface area (Å²) in [4.78, 5) is 20.9. The van der Waals surface area contributed by atoms with Crippen LogP contribution < -0.4 is 0 Å². The number of nitrogens with zero attached hydrogens (tertiary/aromatic N) is 3. The molecule has 4 nitrogen and oxygen atoms in total. The molecule has 0 aliphatic carbocycles. The highest BCUT2D eigenvalue weighted by Crippen LogP contribution is 2.41. The maximum absolute atomic E-state index is 12.3. The lowest BCUT2D eigenvalue weighted by Gasteiger charge is -2.50. The topological polar surface area (TPSA) is 36.4 Å². The van der Waals surface area contributed by atoms with Crippen molar-refractivity contribution >= 4 is 17.2 Å². The molecule has 0 aromatic carbocycles. The lowest BCUT2D eigenvalue weighted by atomic mass is 9.77. The average Bonchev–Trinajstić information content (AvgIpc) is 2.93. The molecule has 2 aliphatic rings. The van der Waals surface area contributed by atoms with Gasteiger partial charge in [-0.3, -0.25) is 4.79 Å². The number of aromatic nitrogens is 1. The van der Waals surface area contributed by atoms with E-state index in [1.54, 1.807) is 5.51 Å². The molecule has 0 saturated carbocycles. The zero-order valence-corrected chi connectivity index (χ0v) is 13.4. The van der Waals surface area contributed by atoms with Crippen LogP contribution in [0.3, 0.4) is 0 Å². The van der Waals surface area contributed by atoms with Gasteiger partial charge in [0, 0.05) is 43.5 Å². The second-order valence-corrected chi connectivity index (χ2v) is 8.27. The predicted molar refractivity (Wildman–Crippen MR) is 81.0 cm³/mol. The molecule has 0 radical (unpaired) electrons. The second-order valence-electron chi connectivity index (χ2n) is 7.56. The number of amides is 1. The molecule has 1 amide bonds. The van der Waals surface area contributed by atoms with Crippen molar-refractivity contribution < 1.29 is 4.79 Å². The van der Waals surface area contributed by atoms with Crippen molar-refractivity contribution in [2.75, 3.05) is 32.7 Å². The van der Waals surface area contributed by atoms with E-state index < -0.39 is 0 Å². The van der Waals surface area contributed by atoms with Gasteiger partial charge in [0.25, 0.3) is 5.91 Å². The molecule has 110 valence electrons. The molecule has 5 heteroatoms. The molecule has 2 aliphatic heterocycles. The molecule has 0 unspecified atom stereocenters. The second kappa shape index (κ2) is 4.81. The number of hydrogen-bond acceptors (Lipinski definition) is 4. The van der Waals surface area contributed by atoms with Crippen LogP contribution in [0.4, 0.5) is 0 Å². The van der Waals surface area contributed by atoms with Crippen LogP contribution in [0.1, 0.15) is 37.7 Å². The predicted octanol–water partition coefficient (Wildman–Crippen LogP) is 2.34. The summed E-state index contributed by atoms with van der Waals surface area (Å²) in [7, 11) is 0. The highest BCUT2D eigenvalue weighted by atomic mass is 32.1. The van der Waals surface area contributed by atoms with E-state index in [2.05, 4.69) is 30.7 Å². The summed E-state index contributed by atoms with van der Waals surface area (Å²) in [5, 5.41) is 1.85. The van der Waals surface area contributed by atoms with Crippen molar-refractivity contribution in [2.45, 2.75) is 27.2 Å². The number of carbonyl (C=O) groups excluding carboxylic acids is 1. The molecule has 0 N–H and O–H groups in total. The summed E-state index contributed by atoms with van der Waals surface area (Å²) in [6, 6.07) is 0.